The van der Waals surface area contributed by atoms with Crippen LogP contribution in [0.4, 0.5) is 5.82 Å². The van der Waals surface area contributed by atoms with Gasteiger partial charge in [0.1, 0.15) is 10.8 Å². The molecule has 0 spiro atoms. The third-order valence-electron chi connectivity index (χ3n) is 2.36. The predicted molar refractivity (Wildman–Crippen MR) is 70.9 cm³/mol. The Hall–Kier alpha value is -1.73. The molecule has 0 aliphatic rings. The molecule has 0 fully saturated rings. The van der Waals surface area contributed by atoms with Gasteiger partial charge in [-0.2, -0.15) is 15.1 Å². The van der Waals surface area contributed by atoms with Crippen molar-refractivity contribution in [3.05, 3.63) is 27.6 Å². The lowest BCUT2D eigenvalue weighted by atomic mass is 10.4. The van der Waals surface area contributed by atoms with Crippen molar-refractivity contribution < 1.29 is 0 Å². The van der Waals surface area contributed by atoms with Gasteiger partial charge in [-0.1, -0.05) is 0 Å². The SMILES string of the molecule is Cc1csc(CNc2nc(Cl)nc3[nH]ncc23)n1. The normalized spacial score (nSPS) is 11.0. The van der Waals surface area contributed by atoms with Crippen LogP contribution in [0.25, 0.3) is 11.0 Å². The molecule has 0 saturated heterocycles. The predicted octanol–water partition coefficient (Wildman–Crippen LogP) is 2.38. The average Bonchev–Trinajstić information content (AvgIpc) is 2.94. The third kappa shape index (κ3) is 2.14. The molecule has 3 aromatic heterocycles. The second-order valence-corrected chi connectivity index (χ2v) is 4.99. The number of rotatable bonds is 3. The summed E-state index contributed by atoms with van der Waals surface area (Å²) in [4.78, 5) is 12.6. The number of aryl methyl sites for hydroxylation is 1. The van der Waals surface area contributed by atoms with Gasteiger partial charge in [0.15, 0.2) is 5.65 Å². The van der Waals surface area contributed by atoms with Crippen LogP contribution in [0.15, 0.2) is 11.6 Å². The minimum absolute atomic E-state index is 0.185. The first-order chi connectivity index (χ1) is 8.72. The fraction of sp³-hybridized carbons (Fsp3) is 0.200. The van der Waals surface area contributed by atoms with Gasteiger partial charge in [0, 0.05) is 11.1 Å². The fourth-order valence-corrected chi connectivity index (χ4v) is 2.47. The zero-order valence-corrected chi connectivity index (χ0v) is 11.0. The van der Waals surface area contributed by atoms with Gasteiger partial charge in [0.05, 0.1) is 18.1 Å². The van der Waals surface area contributed by atoms with E-state index < -0.39 is 0 Å². The fourth-order valence-electron chi connectivity index (χ4n) is 1.59. The van der Waals surface area contributed by atoms with Crippen LogP contribution in [0, 0.1) is 6.92 Å². The Bertz CT molecular complexity index is 691. The molecule has 18 heavy (non-hydrogen) atoms. The number of hydrogen-bond donors (Lipinski definition) is 2. The Balaban J connectivity index is 1.87. The Kier molecular flexibility index (Phi) is 2.85. The van der Waals surface area contributed by atoms with E-state index in [0.29, 0.717) is 18.0 Å². The maximum Gasteiger partial charge on any atom is 0.226 e. The molecule has 6 nitrogen and oxygen atoms in total. The van der Waals surface area contributed by atoms with E-state index in [1.165, 1.54) is 0 Å². The standard InChI is InChI=1S/C10H9ClN6S/c1-5-4-18-7(14-5)3-12-8-6-2-13-17-9(6)16-10(11)15-8/h2,4H,3H2,1H3,(H2,12,13,15,16,17). The Morgan fingerprint density at radius 2 is 2.28 bits per heavy atom. The highest BCUT2D eigenvalue weighted by Gasteiger charge is 2.08. The summed E-state index contributed by atoms with van der Waals surface area (Å²) in [5, 5.41) is 13.9. The monoisotopic (exact) mass is 280 g/mol. The molecule has 0 bridgehead atoms. The van der Waals surface area contributed by atoms with Crippen molar-refractivity contribution in [1.82, 2.24) is 25.1 Å². The maximum atomic E-state index is 5.84. The highest BCUT2D eigenvalue weighted by atomic mass is 35.5. The lowest BCUT2D eigenvalue weighted by molar-refractivity contribution is 1.05. The molecule has 0 unspecified atom stereocenters. The number of aromatic amines is 1. The van der Waals surface area contributed by atoms with Crippen molar-refractivity contribution in [3.63, 3.8) is 0 Å². The van der Waals surface area contributed by atoms with Crippen LogP contribution in [0.5, 0.6) is 0 Å². The van der Waals surface area contributed by atoms with E-state index in [-0.39, 0.29) is 5.28 Å². The first-order valence-corrected chi connectivity index (χ1v) is 6.49. The molecule has 3 aromatic rings. The van der Waals surface area contributed by atoms with Crippen molar-refractivity contribution in [2.24, 2.45) is 0 Å². The molecular formula is C10H9ClN6S. The van der Waals surface area contributed by atoms with E-state index >= 15 is 0 Å². The van der Waals surface area contributed by atoms with Crippen LogP contribution in [0.2, 0.25) is 5.28 Å². The lowest BCUT2D eigenvalue weighted by Gasteiger charge is -2.04. The summed E-state index contributed by atoms with van der Waals surface area (Å²) in [5.74, 6) is 0.659. The van der Waals surface area contributed by atoms with Gasteiger partial charge in [0.25, 0.3) is 0 Å². The van der Waals surface area contributed by atoms with E-state index in [9.17, 15) is 0 Å². The van der Waals surface area contributed by atoms with E-state index in [4.69, 9.17) is 11.6 Å². The maximum absolute atomic E-state index is 5.84. The van der Waals surface area contributed by atoms with Crippen molar-refractivity contribution in [3.8, 4) is 0 Å². The molecular weight excluding hydrogens is 272 g/mol. The summed E-state index contributed by atoms with van der Waals surface area (Å²) in [6.45, 7) is 2.57. The second-order valence-electron chi connectivity index (χ2n) is 3.71. The Morgan fingerprint density at radius 1 is 1.39 bits per heavy atom. The number of H-pyrrole nitrogens is 1. The molecule has 3 heterocycles. The molecule has 2 N–H and O–H groups in total. The van der Waals surface area contributed by atoms with E-state index in [1.54, 1.807) is 17.5 Å². The summed E-state index contributed by atoms with van der Waals surface area (Å²) in [6.07, 6.45) is 1.67. The molecule has 0 aliphatic carbocycles. The Morgan fingerprint density at radius 3 is 3.06 bits per heavy atom. The quantitative estimate of drug-likeness (QED) is 0.720. The van der Waals surface area contributed by atoms with Gasteiger partial charge < -0.3 is 5.32 Å². The van der Waals surface area contributed by atoms with Crippen molar-refractivity contribution in [1.29, 1.82) is 0 Å². The molecule has 0 radical (unpaired) electrons. The second kappa shape index (κ2) is 4.51. The molecule has 0 saturated carbocycles. The summed E-state index contributed by atoms with van der Waals surface area (Å²) in [5.41, 5.74) is 1.64. The number of halogens is 1. The van der Waals surface area contributed by atoms with Gasteiger partial charge in [-0.3, -0.25) is 5.10 Å². The van der Waals surface area contributed by atoms with E-state index in [2.05, 4.69) is 30.5 Å². The summed E-state index contributed by atoms with van der Waals surface area (Å²) in [7, 11) is 0. The van der Waals surface area contributed by atoms with Crippen molar-refractivity contribution >= 4 is 39.8 Å². The van der Waals surface area contributed by atoms with Gasteiger partial charge in [-0.05, 0) is 18.5 Å². The van der Waals surface area contributed by atoms with Crippen LogP contribution in [0.3, 0.4) is 0 Å². The molecule has 0 aromatic carbocycles. The summed E-state index contributed by atoms with van der Waals surface area (Å²) >= 11 is 7.45. The lowest BCUT2D eigenvalue weighted by Crippen LogP contribution is -2.02. The molecule has 0 atom stereocenters. The Labute approximate surface area is 111 Å². The number of thiazole rings is 1. The van der Waals surface area contributed by atoms with Gasteiger partial charge in [-0.15, -0.1) is 11.3 Å². The first-order valence-electron chi connectivity index (χ1n) is 5.24. The largest absolute Gasteiger partial charge is 0.363 e. The first kappa shape index (κ1) is 11.4. The average molecular weight is 281 g/mol. The van der Waals surface area contributed by atoms with Crippen LogP contribution < -0.4 is 5.32 Å². The molecule has 3 rings (SSSR count). The van der Waals surface area contributed by atoms with Crippen LogP contribution in [-0.4, -0.2) is 25.1 Å². The van der Waals surface area contributed by atoms with E-state index in [1.807, 2.05) is 12.3 Å². The smallest absolute Gasteiger partial charge is 0.226 e. The molecule has 0 aliphatic heterocycles. The highest BCUT2D eigenvalue weighted by Crippen LogP contribution is 2.21. The number of anilines is 1. The van der Waals surface area contributed by atoms with Gasteiger partial charge in [0.2, 0.25) is 5.28 Å². The van der Waals surface area contributed by atoms with Gasteiger partial charge in [-0.25, -0.2) is 4.98 Å². The molecule has 8 heteroatoms. The topological polar surface area (TPSA) is 79.4 Å². The summed E-state index contributed by atoms with van der Waals surface area (Å²) in [6, 6.07) is 0. The number of nitrogens with one attached hydrogen (secondary N) is 2. The van der Waals surface area contributed by atoms with Crippen molar-refractivity contribution in [2.45, 2.75) is 13.5 Å². The van der Waals surface area contributed by atoms with E-state index in [0.717, 1.165) is 16.1 Å². The van der Waals surface area contributed by atoms with Crippen LogP contribution in [0.1, 0.15) is 10.7 Å². The minimum atomic E-state index is 0.185. The zero-order chi connectivity index (χ0) is 12.5. The molecule has 92 valence electrons. The van der Waals surface area contributed by atoms with Crippen LogP contribution in [-0.2, 0) is 6.54 Å². The zero-order valence-electron chi connectivity index (χ0n) is 9.44. The van der Waals surface area contributed by atoms with Crippen LogP contribution >= 0.6 is 22.9 Å². The molecule has 0 amide bonds. The highest BCUT2D eigenvalue weighted by molar-refractivity contribution is 7.09. The number of nitrogens with zero attached hydrogens (tertiary/aromatic N) is 4. The number of hydrogen-bond acceptors (Lipinski definition) is 6. The number of fused-ring (bicyclic) bond motifs is 1. The number of aromatic nitrogens is 5. The van der Waals surface area contributed by atoms with Crippen molar-refractivity contribution in [2.75, 3.05) is 5.32 Å². The minimum Gasteiger partial charge on any atom is -0.363 e. The van der Waals surface area contributed by atoms with Gasteiger partial charge >= 0.3 is 0 Å². The third-order valence-corrected chi connectivity index (χ3v) is 3.49. The summed E-state index contributed by atoms with van der Waals surface area (Å²) < 4.78 is 0.